The van der Waals surface area contributed by atoms with Crippen LogP contribution in [0.15, 0.2) is 29.4 Å². The fourth-order valence-corrected chi connectivity index (χ4v) is 5.33. The average molecular weight is 414 g/mol. The lowest BCUT2D eigenvalue weighted by atomic mass is 9.96. The van der Waals surface area contributed by atoms with Gasteiger partial charge in [-0.15, -0.1) is 12.4 Å². The quantitative estimate of drug-likeness (QED) is 0.776. The van der Waals surface area contributed by atoms with Crippen molar-refractivity contribution >= 4 is 39.4 Å². The maximum Gasteiger partial charge on any atom is 0.245 e. The summed E-state index contributed by atoms with van der Waals surface area (Å²) < 4.78 is 27.5. The number of pyridine rings is 1. The van der Waals surface area contributed by atoms with Crippen molar-refractivity contribution in [3.05, 3.63) is 24.5 Å². The molecule has 27 heavy (non-hydrogen) atoms. The fraction of sp³-hybridized carbons (Fsp3) is 0.529. The van der Waals surface area contributed by atoms with E-state index < -0.39 is 10.0 Å². The number of amides is 1. The first-order chi connectivity index (χ1) is 12.6. The SMILES string of the molecule is Cl.O=C(C1CCNCC1)N1CCN(S(=O)(=O)c2c[nH]c3ncccc23)CC1. The predicted octanol–water partition coefficient (Wildman–Crippen LogP) is 0.817. The van der Waals surface area contributed by atoms with Gasteiger partial charge in [0.15, 0.2) is 0 Å². The highest BCUT2D eigenvalue weighted by atomic mass is 35.5. The highest BCUT2D eigenvalue weighted by Crippen LogP contribution is 2.25. The molecule has 2 aromatic heterocycles. The smallest absolute Gasteiger partial charge is 0.245 e. The van der Waals surface area contributed by atoms with E-state index in [-0.39, 0.29) is 29.1 Å². The minimum absolute atomic E-state index is 0. The summed E-state index contributed by atoms with van der Waals surface area (Å²) in [5.41, 5.74) is 0.561. The van der Waals surface area contributed by atoms with Gasteiger partial charge >= 0.3 is 0 Å². The molecule has 0 saturated carbocycles. The van der Waals surface area contributed by atoms with Crippen LogP contribution >= 0.6 is 12.4 Å². The van der Waals surface area contributed by atoms with Gasteiger partial charge in [0.2, 0.25) is 15.9 Å². The number of halogens is 1. The van der Waals surface area contributed by atoms with Crippen LogP contribution in [0, 0.1) is 5.92 Å². The molecule has 4 rings (SSSR count). The Morgan fingerprint density at radius 3 is 2.56 bits per heavy atom. The number of carbonyl (C=O) groups excluding carboxylic acids is 1. The molecule has 0 radical (unpaired) electrons. The number of sulfonamides is 1. The summed E-state index contributed by atoms with van der Waals surface area (Å²) in [4.78, 5) is 21.8. The van der Waals surface area contributed by atoms with Gasteiger partial charge in [-0.25, -0.2) is 13.4 Å². The Morgan fingerprint density at radius 2 is 1.85 bits per heavy atom. The number of piperazine rings is 1. The lowest BCUT2D eigenvalue weighted by Gasteiger charge is -2.36. The van der Waals surface area contributed by atoms with Crippen molar-refractivity contribution in [3.63, 3.8) is 0 Å². The zero-order valence-corrected chi connectivity index (χ0v) is 16.6. The van der Waals surface area contributed by atoms with E-state index in [1.807, 2.05) is 4.90 Å². The first kappa shape index (κ1) is 20.1. The Kier molecular flexibility index (Phi) is 6.05. The second-order valence-electron chi connectivity index (χ2n) is 6.81. The molecule has 10 heteroatoms. The summed E-state index contributed by atoms with van der Waals surface area (Å²) >= 11 is 0. The summed E-state index contributed by atoms with van der Waals surface area (Å²) in [7, 11) is -3.61. The van der Waals surface area contributed by atoms with Crippen molar-refractivity contribution in [3.8, 4) is 0 Å². The molecule has 2 N–H and O–H groups in total. The molecule has 0 bridgehead atoms. The summed E-state index contributed by atoms with van der Waals surface area (Å²) in [6, 6.07) is 3.48. The van der Waals surface area contributed by atoms with Gasteiger partial charge in [0.25, 0.3) is 0 Å². The molecule has 0 aromatic carbocycles. The monoisotopic (exact) mass is 413 g/mol. The number of aromatic nitrogens is 2. The van der Waals surface area contributed by atoms with Gasteiger partial charge in [-0.3, -0.25) is 4.79 Å². The molecule has 4 heterocycles. The van der Waals surface area contributed by atoms with Gasteiger partial charge in [0.05, 0.1) is 0 Å². The van der Waals surface area contributed by atoms with E-state index in [0.717, 1.165) is 25.9 Å². The third kappa shape index (κ3) is 3.82. The number of piperidine rings is 1. The molecule has 2 fully saturated rings. The van der Waals surface area contributed by atoms with Crippen LogP contribution in [0.1, 0.15) is 12.8 Å². The van der Waals surface area contributed by atoms with Crippen molar-refractivity contribution in [2.75, 3.05) is 39.3 Å². The van der Waals surface area contributed by atoms with Gasteiger partial charge < -0.3 is 15.2 Å². The van der Waals surface area contributed by atoms with Gasteiger partial charge in [0, 0.05) is 49.9 Å². The highest BCUT2D eigenvalue weighted by Gasteiger charge is 2.34. The third-order valence-electron chi connectivity index (χ3n) is 5.27. The molecule has 2 aliphatic rings. The number of H-pyrrole nitrogens is 1. The van der Waals surface area contributed by atoms with E-state index in [1.54, 1.807) is 18.3 Å². The van der Waals surface area contributed by atoms with Gasteiger partial charge in [0.1, 0.15) is 10.5 Å². The molecule has 8 nitrogen and oxygen atoms in total. The minimum Gasteiger partial charge on any atom is -0.345 e. The second kappa shape index (κ2) is 8.14. The highest BCUT2D eigenvalue weighted by molar-refractivity contribution is 7.89. The molecule has 0 unspecified atom stereocenters. The lowest BCUT2D eigenvalue weighted by molar-refractivity contribution is -0.137. The molecule has 1 amide bonds. The van der Waals surface area contributed by atoms with Crippen LogP contribution in [0.2, 0.25) is 0 Å². The number of nitrogens with zero attached hydrogens (tertiary/aromatic N) is 3. The number of hydrogen-bond donors (Lipinski definition) is 2. The van der Waals surface area contributed by atoms with Crippen molar-refractivity contribution in [2.24, 2.45) is 5.92 Å². The zero-order chi connectivity index (χ0) is 18.1. The molecule has 0 spiro atoms. The zero-order valence-electron chi connectivity index (χ0n) is 14.9. The van der Waals surface area contributed by atoms with E-state index in [1.165, 1.54) is 10.5 Å². The number of rotatable bonds is 3. The maximum atomic E-state index is 13.0. The van der Waals surface area contributed by atoms with Crippen molar-refractivity contribution in [1.29, 1.82) is 0 Å². The number of fused-ring (bicyclic) bond motifs is 1. The number of nitrogens with one attached hydrogen (secondary N) is 2. The second-order valence-corrected chi connectivity index (χ2v) is 8.71. The molecular weight excluding hydrogens is 390 g/mol. The van der Waals surface area contributed by atoms with Gasteiger partial charge in [-0.1, -0.05) is 0 Å². The van der Waals surface area contributed by atoms with Crippen LogP contribution in [0.4, 0.5) is 0 Å². The van der Waals surface area contributed by atoms with Crippen LogP contribution in [0.5, 0.6) is 0 Å². The molecule has 2 aliphatic heterocycles. The van der Waals surface area contributed by atoms with Crippen molar-refractivity contribution in [2.45, 2.75) is 17.7 Å². The van der Waals surface area contributed by atoms with Crippen LogP contribution in [0.3, 0.4) is 0 Å². The van der Waals surface area contributed by atoms with Crippen LogP contribution in [0.25, 0.3) is 11.0 Å². The van der Waals surface area contributed by atoms with Crippen molar-refractivity contribution in [1.82, 2.24) is 24.5 Å². The summed E-state index contributed by atoms with van der Waals surface area (Å²) in [6.07, 6.45) is 4.85. The Labute approximate surface area is 164 Å². The third-order valence-corrected chi connectivity index (χ3v) is 7.21. The van der Waals surface area contributed by atoms with Crippen LogP contribution in [-0.4, -0.2) is 72.8 Å². The predicted molar refractivity (Wildman–Crippen MR) is 104 cm³/mol. The first-order valence-corrected chi connectivity index (χ1v) is 10.4. The van der Waals surface area contributed by atoms with Crippen LogP contribution in [-0.2, 0) is 14.8 Å². The Balaban J connectivity index is 0.00000210. The van der Waals surface area contributed by atoms with E-state index in [2.05, 4.69) is 15.3 Å². The maximum absolute atomic E-state index is 13.0. The summed E-state index contributed by atoms with van der Waals surface area (Å²) in [6.45, 7) is 3.29. The Bertz CT molecular complexity index is 902. The number of carbonyl (C=O) groups is 1. The fourth-order valence-electron chi connectivity index (χ4n) is 3.76. The van der Waals surface area contributed by atoms with Crippen LogP contribution < -0.4 is 5.32 Å². The Hall–Kier alpha value is -1.68. The molecule has 0 atom stereocenters. The van der Waals surface area contributed by atoms with E-state index >= 15 is 0 Å². The molecule has 2 saturated heterocycles. The molecule has 148 valence electrons. The molecule has 0 aliphatic carbocycles. The topological polar surface area (TPSA) is 98.4 Å². The summed E-state index contributed by atoms with van der Waals surface area (Å²) in [5.74, 6) is 0.235. The number of hydrogen-bond acceptors (Lipinski definition) is 5. The van der Waals surface area contributed by atoms with E-state index in [4.69, 9.17) is 0 Å². The lowest BCUT2D eigenvalue weighted by Crippen LogP contribution is -2.52. The normalized spacial score (nSPS) is 19.8. The Morgan fingerprint density at radius 1 is 1.15 bits per heavy atom. The molecular formula is C17H24ClN5O3S. The van der Waals surface area contributed by atoms with Crippen molar-refractivity contribution < 1.29 is 13.2 Å². The van der Waals surface area contributed by atoms with Gasteiger partial charge in [-0.2, -0.15) is 4.31 Å². The number of aromatic amines is 1. The molecule has 2 aromatic rings. The average Bonchev–Trinajstić information content (AvgIpc) is 3.13. The van der Waals surface area contributed by atoms with E-state index in [0.29, 0.717) is 37.2 Å². The first-order valence-electron chi connectivity index (χ1n) is 8.99. The largest absolute Gasteiger partial charge is 0.345 e. The summed E-state index contributed by atoms with van der Waals surface area (Å²) in [5, 5.41) is 3.86. The standard InChI is InChI=1S/C17H23N5O3S.ClH/c23-17(13-3-6-18-7-4-13)21-8-10-22(11-9-21)26(24,25)15-12-20-16-14(15)2-1-5-19-16;/h1-2,5,12-13,18H,3-4,6-11H2,(H,19,20);1H. The van der Waals surface area contributed by atoms with Gasteiger partial charge in [-0.05, 0) is 38.1 Å². The van der Waals surface area contributed by atoms with E-state index in [9.17, 15) is 13.2 Å². The minimum atomic E-state index is -3.61.